The lowest BCUT2D eigenvalue weighted by Gasteiger charge is -2.12. The summed E-state index contributed by atoms with van der Waals surface area (Å²) in [5, 5.41) is 5.57. The average Bonchev–Trinajstić information content (AvgIpc) is 2.47. The second-order valence-electron chi connectivity index (χ2n) is 5.08. The van der Waals surface area contributed by atoms with Crippen LogP contribution in [0.1, 0.15) is 22.8 Å². The van der Waals surface area contributed by atoms with Crippen LogP contribution >= 0.6 is 15.9 Å². The topological polar surface area (TPSA) is 58.2 Å². The van der Waals surface area contributed by atoms with Gasteiger partial charge >= 0.3 is 0 Å². The maximum atomic E-state index is 13.7. The molecule has 0 atom stereocenters. The number of Topliss-reactive ketones (excluding diaryl/α,β-unsaturated/α-hetero) is 1. The Balaban J connectivity index is 2.05. The lowest BCUT2D eigenvalue weighted by atomic mass is 10.1. The van der Waals surface area contributed by atoms with E-state index in [9.17, 15) is 14.0 Å². The van der Waals surface area contributed by atoms with Gasteiger partial charge in [0.15, 0.2) is 5.78 Å². The van der Waals surface area contributed by atoms with Crippen molar-refractivity contribution in [2.45, 2.75) is 13.8 Å². The van der Waals surface area contributed by atoms with Gasteiger partial charge in [0, 0.05) is 15.8 Å². The summed E-state index contributed by atoms with van der Waals surface area (Å²) in [5.74, 6) is -1.28. The zero-order chi connectivity index (χ0) is 17.0. The molecule has 120 valence electrons. The van der Waals surface area contributed by atoms with Crippen LogP contribution in [0, 0.1) is 12.7 Å². The summed E-state index contributed by atoms with van der Waals surface area (Å²) in [6.45, 7) is 3.10. The van der Waals surface area contributed by atoms with Gasteiger partial charge in [0.2, 0.25) is 5.91 Å². The van der Waals surface area contributed by atoms with Crippen molar-refractivity contribution in [3.05, 3.63) is 57.8 Å². The Labute approximate surface area is 142 Å². The van der Waals surface area contributed by atoms with Gasteiger partial charge < -0.3 is 10.6 Å². The van der Waals surface area contributed by atoms with Crippen LogP contribution < -0.4 is 10.6 Å². The molecule has 2 N–H and O–H groups in total. The van der Waals surface area contributed by atoms with E-state index < -0.39 is 11.6 Å². The third-order valence-corrected chi connectivity index (χ3v) is 3.76. The second-order valence-corrected chi connectivity index (χ2v) is 6.00. The maximum absolute atomic E-state index is 13.7. The number of carbonyl (C=O) groups excluding carboxylic acids is 2. The fourth-order valence-corrected chi connectivity index (χ4v) is 2.64. The van der Waals surface area contributed by atoms with Crippen LogP contribution in [0.15, 0.2) is 40.9 Å². The SMILES string of the molecule is CC(=O)c1c(F)cccc1NCC(=O)Nc1ccc(Br)cc1C. The van der Waals surface area contributed by atoms with Gasteiger partial charge in [-0.05, 0) is 49.7 Å². The highest BCUT2D eigenvalue weighted by atomic mass is 79.9. The molecule has 0 aliphatic carbocycles. The van der Waals surface area contributed by atoms with E-state index in [1.165, 1.54) is 19.1 Å². The number of carbonyl (C=O) groups is 2. The third-order valence-electron chi connectivity index (χ3n) is 3.27. The van der Waals surface area contributed by atoms with Crippen LogP contribution in [0.3, 0.4) is 0 Å². The van der Waals surface area contributed by atoms with Gasteiger partial charge in [-0.1, -0.05) is 22.0 Å². The fourth-order valence-electron chi connectivity index (χ4n) is 2.17. The van der Waals surface area contributed by atoms with E-state index in [2.05, 4.69) is 26.6 Å². The van der Waals surface area contributed by atoms with Gasteiger partial charge in [-0.3, -0.25) is 9.59 Å². The Morgan fingerprint density at radius 2 is 1.91 bits per heavy atom. The quantitative estimate of drug-likeness (QED) is 0.768. The first-order valence-electron chi connectivity index (χ1n) is 6.98. The molecule has 0 heterocycles. The molecule has 0 aromatic heterocycles. The zero-order valence-corrected chi connectivity index (χ0v) is 14.3. The molecule has 0 aliphatic heterocycles. The molecule has 23 heavy (non-hydrogen) atoms. The number of ketones is 1. The lowest BCUT2D eigenvalue weighted by molar-refractivity contribution is -0.114. The predicted molar refractivity (Wildman–Crippen MR) is 92.4 cm³/mol. The largest absolute Gasteiger partial charge is 0.375 e. The molecule has 2 aromatic carbocycles. The number of hydrogen-bond acceptors (Lipinski definition) is 3. The fraction of sp³-hybridized carbons (Fsp3) is 0.176. The number of anilines is 2. The third kappa shape index (κ3) is 4.39. The van der Waals surface area contributed by atoms with Crippen molar-refractivity contribution < 1.29 is 14.0 Å². The minimum absolute atomic E-state index is 0.0416. The average molecular weight is 379 g/mol. The van der Waals surface area contributed by atoms with E-state index in [1.54, 1.807) is 12.1 Å². The Morgan fingerprint density at radius 3 is 2.57 bits per heavy atom. The summed E-state index contributed by atoms with van der Waals surface area (Å²) in [5.41, 5.74) is 1.88. The van der Waals surface area contributed by atoms with Crippen LogP contribution in [0.2, 0.25) is 0 Å². The van der Waals surface area contributed by atoms with Crippen LogP contribution in [-0.2, 0) is 4.79 Å². The van der Waals surface area contributed by atoms with Crippen LogP contribution in [0.5, 0.6) is 0 Å². The smallest absolute Gasteiger partial charge is 0.243 e. The highest BCUT2D eigenvalue weighted by Gasteiger charge is 2.13. The summed E-state index contributed by atoms with van der Waals surface area (Å²) >= 11 is 3.36. The molecule has 1 amide bonds. The van der Waals surface area contributed by atoms with Crippen LogP contribution in [0.4, 0.5) is 15.8 Å². The molecule has 2 aromatic rings. The van der Waals surface area contributed by atoms with Crippen molar-refractivity contribution in [1.29, 1.82) is 0 Å². The highest BCUT2D eigenvalue weighted by molar-refractivity contribution is 9.10. The number of benzene rings is 2. The van der Waals surface area contributed by atoms with Crippen molar-refractivity contribution in [3.8, 4) is 0 Å². The molecule has 0 bridgehead atoms. The molecule has 0 spiro atoms. The zero-order valence-electron chi connectivity index (χ0n) is 12.7. The Morgan fingerprint density at radius 1 is 1.17 bits per heavy atom. The van der Waals surface area contributed by atoms with Crippen molar-refractivity contribution in [2.24, 2.45) is 0 Å². The number of amides is 1. The standard InChI is InChI=1S/C17H16BrFN2O2/c1-10-8-12(18)6-7-14(10)21-16(23)9-20-15-5-3-4-13(19)17(15)11(2)22/h3-8,20H,9H2,1-2H3,(H,21,23). The Kier molecular flexibility index (Phi) is 5.50. The highest BCUT2D eigenvalue weighted by Crippen LogP contribution is 2.21. The summed E-state index contributed by atoms with van der Waals surface area (Å²) < 4.78 is 14.6. The van der Waals surface area contributed by atoms with E-state index in [0.29, 0.717) is 11.4 Å². The van der Waals surface area contributed by atoms with Crippen LogP contribution in [-0.4, -0.2) is 18.2 Å². The van der Waals surface area contributed by atoms with Gasteiger partial charge in [-0.2, -0.15) is 0 Å². The van der Waals surface area contributed by atoms with E-state index in [-0.39, 0.29) is 18.0 Å². The predicted octanol–water partition coefficient (Wildman–Crippen LogP) is 4.15. The molecule has 0 unspecified atom stereocenters. The number of rotatable bonds is 5. The van der Waals surface area contributed by atoms with E-state index in [1.807, 2.05) is 19.1 Å². The first kappa shape index (κ1) is 17.1. The summed E-state index contributed by atoms with van der Waals surface area (Å²) in [4.78, 5) is 23.5. The summed E-state index contributed by atoms with van der Waals surface area (Å²) in [7, 11) is 0. The first-order chi connectivity index (χ1) is 10.9. The van der Waals surface area contributed by atoms with Gasteiger partial charge in [-0.25, -0.2) is 4.39 Å². The van der Waals surface area contributed by atoms with Crippen molar-refractivity contribution in [2.75, 3.05) is 17.2 Å². The minimum atomic E-state index is -0.605. The Bertz CT molecular complexity index is 762. The van der Waals surface area contributed by atoms with E-state index in [4.69, 9.17) is 0 Å². The molecule has 2 rings (SSSR count). The summed E-state index contributed by atoms with van der Waals surface area (Å²) in [6, 6.07) is 9.78. The maximum Gasteiger partial charge on any atom is 0.243 e. The molecule has 0 fully saturated rings. The Hall–Kier alpha value is -2.21. The van der Waals surface area contributed by atoms with Gasteiger partial charge in [-0.15, -0.1) is 0 Å². The molecule has 0 aliphatic rings. The monoisotopic (exact) mass is 378 g/mol. The lowest BCUT2D eigenvalue weighted by Crippen LogP contribution is -2.23. The van der Waals surface area contributed by atoms with Crippen molar-refractivity contribution >= 4 is 39.0 Å². The second kappa shape index (κ2) is 7.37. The molecular formula is C17H16BrFN2O2. The van der Waals surface area contributed by atoms with Gasteiger partial charge in [0.25, 0.3) is 0 Å². The minimum Gasteiger partial charge on any atom is -0.375 e. The number of halogens is 2. The number of aryl methyl sites for hydroxylation is 1. The van der Waals surface area contributed by atoms with Gasteiger partial charge in [0.05, 0.1) is 12.1 Å². The molecular weight excluding hydrogens is 363 g/mol. The van der Waals surface area contributed by atoms with Gasteiger partial charge in [0.1, 0.15) is 5.82 Å². The summed E-state index contributed by atoms with van der Waals surface area (Å²) in [6.07, 6.45) is 0. The number of hydrogen-bond donors (Lipinski definition) is 2. The first-order valence-corrected chi connectivity index (χ1v) is 7.77. The van der Waals surface area contributed by atoms with E-state index in [0.717, 1.165) is 10.0 Å². The molecule has 0 saturated heterocycles. The molecule has 0 saturated carbocycles. The normalized spacial score (nSPS) is 10.3. The molecule has 6 heteroatoms. The molecule has 0 radical (unpaired) electrons. The van der Waals surface area contributed by atoms with Crippen LogP contribution in [0.25, 0.3) is 0 Å². The van der Waals surface area contributed by atoms with E-state index >= 15 is 0 Å². The van der Waals surface area contributed by atoms with Crippen molar-refractivity contribution in [1.82, 2.24) is 0 Å². The number of nitrogens with one attached hydrogen (secondary N) is 2. The molecule has 4 nitrogen and oxygen atoms in total. The van der Waals surface area contributed by atoms with Crippen molar-refractivity contribution in [3.63, 3.8) is 0 Å².